The van der Waals surface area contributed by atoms with Gasteiger partial charge in [0.05, 0.1) is 12.2 Å². The molecule has 1 atom stereocenters. The van der Waals surface area contributed by atoms with Crippen LogP contribution in [0.3, 0.4) is 0 Å². The number of likely N-dealkylation sites (N-methyl/N-ethyl adjacent to an activating group) is 1. The van der Waals surface area contributed by atoms with Crippen molar-refractivity contribution in [3.8, 4) is 5.75 Å². The molecule has 1 unspecified atom stereocenters. The predicted octanol–water partition coefficient (Wildman–Crippen LogP) is 4.64. The van der Waals surface area contributed by atoms with E-state index >= 15 is 0 Å². The average molecular weight is 521 g/mol. The van der Waals surface area contributed by atoms with E-state index in [1.165, 1.54) is 0 Å². The summed E-state index contributed by atoms with van der Waals surface area (Å²) in [5.74, 6) is 2.77. The number of benzene rings is 1. The maximum absolute atomic E-state index is 5.89. The summed E-state index contributed by atoms with van der Waals surface area (Å²) in [6.07, 6.45) is 0. The fraction of sp³-hybridized carbons (Fsp3) is 0.500. The number of aryl methyl sites for hydroxylation is 2. The van der Waals surface area contributed by atoms with Crippen LogP contribution in [-0.2, 0) is 0 Å². The minimum Gasteiger partial charge on any atom is -0.492 e. The molecule has 2 aromatic rings. The Morgan fingerprint density at radius 2 is 2.00 bits per heavy atom. The van der Waals surface area contributed by atoms with Crippen LogP contribution >= 0.6 is 35.6 Å². The van der Waals surface area contributed by atoms with Gasteiger partial charge in [-0.15, -0.1) is 24.0 Å². The lowest BCUT2D eigenvalue weighted by atomic mass is 10.00. The fourth-order valence-corrected chi connectivity index (χ4v) is 3.04. The van der Waals surface area contributed by atoms with Crippen LogP contribution in [0.2, 0.25) is 5.02 Å². The highest BCUT2D eigenvalue weighted by atomic mass is 127. The van der Waals surface area contributed by atoms with E-state index in [1.807, 2.05) is 45.2 Å². The normalized spacial score (nSPS) is 12.3. The molecule has 0 amide bonds. The van der Waals surface area contributed by atoms with Crippen LogP contribution in [0.15, 0.2) is 33.8 Å². The van der Waals surface area contributed by atoms with Crippen LogP contribution in [0.5, 0.6) is 5.75 Å². The van der Waals surface area contributed by atoms with Crippen LogP contribution in [0.4, 0.5) is 0 Å². The summed E-state index contributed by atoms with van der Waals surface area (Å²) < 4.78 is 11.0. The van der Waals surface area contributed by atoms with Crippen molar-refractivity contribution in [1.82, 2.24) is 15.4 Å². The minimum atomic E-state index is 0. The van der Waals surface area contributed by atoms with E-state index < -0.39 is 0 Å². The topological polar surface area (TPSA) is 62.9 Å². The van der Waals surface area contributed by atoms with Crippen LogP contribution in [0.1, 0.15) is 36.8 Å². The molecule has 0 saturated carbocycles. The molecule has 8 heteroatoms. The van der Waals surface area contributed by atoms with Gasteiger partial charge in [0.15, 0.2) is 5.96 Å². The predicted molar refractivity (Wildman–Crippen MR) is 125 cm³/mol. The number of hydrogen-bond acceptors (Lipinski definition) is 4. The highest BCUT2D eigenvalue weighted by Gasteiger charge is 2.16. The summed E-state index contributed by atoms with van der Waals surface area (Å²) >= 11 is 5.89. The Bertz CT molecular complexity index is 730. The fourth-order valence-electron chi connectivity index (χ4n) is 2.92. The number of halogens is 2. The second kappa shape index (κ2) is 12.2. The molecule has 156 valence electrons. The van der Waals surface area contributed by atoms with Gasteiger partial charge in [-0.2, -0.15) is 0 Å². The van der Waals surface area contributed by atoms with E-state index in [1.54, 1.807) is 0 Å². The SMILES string of the molecule is CCNC(=NCC(C)c1c(C)noc1C)N(C)CCOc1ccc(Cl)cc1.I. The van der Waals surface area contributed by atoms with Gasteiger partial charge in [-0.25, -0.2) is 0 Å². The maximum atomic E-state index is 5.89. The molecule has 0 fully saturated rings. The first-order valence-corrected chi connectivity index (χ1v) is 9.60. The average Bonchev–Trinajstić information content (AvgIpc) is 2.98. The quantitative estimate of drug-likeness (QED) is 0.312. The summed E-state index contributed by atoms with van der Waals surface area (Å²) in [6.45, 7) is 10.9. The zero-order chi connectivity index (χ0) is 19.8. The summed E-state index contributed by atoms with van der Waals surface area (Å²) in [6, 6.07) is 7.38. The molecule has 0 aliphatic heterocycles. The molecule has 28 heavy (non-hydrogen) atoms. The zero-order valence-electron chi connectivity index (χ0n) is 17.2. The molecule has 0 aliphatic carbocycles. The molecule has 0 aliphatic rings. The summed E-state index contributed by atoms with van der Waals surface area (Å²) in [5, 5.41) is 8.07. The smallest absolute Gasteiger partial charge is 0.193 e. The van der Waals surface area contributed by atoms with E-state index in [0.717, 1.165) is 35.3 Å². The van der Waals surface area contributed by atoms with Gasteiger partial charge in [-0.05, 0) is 45.0 Å². The molecule has 1 N–H and O–H groups in total. The highest BCUT2D eigenvalue weighted by Crippen LogP contribution is 2.23. The number of nitrogens with zero attached hydrogens (tertiary/aromatic N) is 3. The van der Waals surface area contributed by atoms with Crippen LogP contribution in [0, 0.1) is 13.8 Å². The zero-order valence-corrected chi connectivity index (χ0v) is 20.2. The van der Waals surface area contributed by atoms with Gasteiger partial charge in [-0.1, -0.05) is 23.7 Å². The summed E-state index contributed by atoms with van der Waals surface area (Å²) in [7, 11) is 2.01. The molecular formula is C20H30ClIN4O2. The number of hydrogen-bond donors (Lipinski definition) is 1. The van der Waals surface area contributed by atoms with Crippen molar-refractivity contribution in [1.29, 1.82) is 0 Å². The summed E-state index contributed by atoms with van der Waals surface area (Å²) in [4.78, 5) is 6.85. The van der Waals surface area contributed by atoms with Crippen molar-refractivity contribution in [3.63, 3.8) is 0 Å². The lowest BCUT2D eigenvalue weighted by Gasteiger charge is -2.22. The lowest BCUT2D eigenvalue weighted by Crippen LogP contribution is -2.41. The van der Waals surface area contributed by atoms with Crippen LogP contribution in [0.25, 0.3) is 0 Å². The molecule has 0 bridgehead atoms. The molecule has 0 saturated heterocycles. The van der Waals surface area contributed by atoms with Crippen LogP contribution in [-0.4, -0.2) is 49.3 Å². The number of aromatic nitrogens is 1. The second-order valence-corrected chi connectivity index (χ2v) is 6.99. The Morgan fingerprint density at radius 3 is 2.57 bits per heavy atom. The van der Waals surface area contributed by atoms with Gasteiger partial charge in [0.1, 0.15) is 18.1 Å². The number of rotatable bonds is 8. The molecule has 1 aromatic heterocycles. The Kier molecular flexibility index (Phi) is 10.7. The maximum Gasteiger partial charge on any atom is 0.193 e. The monoisotopic (exact) mass is 520 g/mol. The Morgan fingerprint density at radius 1 is 1.32 bits per heavy atom. The van der Waals surface area contributed by atoms with Gasteiger partial charge in [0.25, 0.3) is 0 Å². The Balaban J connectivity index is 0.00000392. The van der Waals surface area contributed by atoms with E-state index in [4.69, 9.17) is 25.9 Å². The molecule has 1 aromatic carbocycles. The van der Waals surface area contributed by atoms with Crippen molar-refractivity contribution in [2.45, 2.75) is 33.6 Å². The third-order valence-corrected chi connectivity index (χ3v) is 4.55. The minimum absolute atomic E-state index is 0. The number of nitrogens with one attached hydrogen (secondary N) is 1. The third-order valence-electron chi connectivity index (χ3n) is 4.30. The molecule has 0 radical (unpaired) electrons. The van der Waals surface area contributed by atoms with Gasteiger partial charge < -0.3 is 19.5 Å². The first kappa shape index (κ1) is 24.6. The van der Waals surface area contributed by atoms with E-state index in [-0.39, 0.29) is 29.9 Å². The molecule has 1 heterocycles. The van der Waals surface area contributed by atoms with E-state index in [0.29, 0.717) is 24.7 Å². The van der Waals surface area contributed by atoms with Gasteiger partial charge in [0.2, 0.25) is 0 Å². The molecule has 2 rings (SSSR count). The molecular weight excluding hydrogens is 491 g/mol. The highest BCUT2D eigenvalue weighted by molar-refractivity contribution is 14.0. The standard InChI is InChI=1S/C20H29ClN4O2.HI/c1-6-22-20(23-13-14(2)19-15(3)24-27-16(19)4)25(5)11-12-26-18-9-7-17(21)8-10-18;/h7-10,14H,6,11-13H2,1-5H3,(H,22,23);1H. The first-order chi connectivity index (χ1) is 12.9. The van der Waals surface area contributed by atoms with Gasteiger partial charge in [0, 0.05) is 36.6 Å². The van der Waals surface area contributed by atoms with Crippen molar-refractivity contribution in [3.05, 3.63) is 46.3 Å². The van der Waals surface area contributed by atoms with Crippen molar-refractivity contribution in [2.75, 3.05) is 33.3 Å². The summed E-state index contributed by atoms with van der Waals surface area (Å²) in [5.41, 5.74) is 2.08. The lowest BCUT2D eigenvalue weighted by molar-refractivity contribution is 0.281. The van der Waals surface area contributed by atoms with Crippen molar-refractivity contribution < 1.29 is 9.26 Å². The molecule has 0 spiro atoms. The number of aliphatic imine (C=N–C) groups is 1. The Labute approximate surface area is 189 Å². The van der Waals surface area contributed by atoms with E-state index in [2.05, 4.69) is 29.2 Å². The molecule has 6 nitrogen and oxygen atoms in total. The first-order valence-electron chi connectivity index (χ1n) is 9.23. The van der Waals surface area contributed by atoms with Crippen LogP contribution < -0.4 is 10.1 Å². The van der Waals surface area contributed by atoms with E-state index in [9.17, 15) is 0 Å². The largest absolute Gasteiger partial charge is 0.492 e. The second-order valence-electron chi connectivity index (χ2n) is 6.56. The number of guanidine groups is 1. The van der Waals surface area contributed by atoms with Gasteiger partial charge in [-0.3, -0.25) is 4.99 Å². The third kappa shape index (κ3) is 7.16. The van der Waals surface area contributed by atoms with Crippen molar-refractivity contribution >= 4 is 41.5 Å². The van der Waals surface area contributed by atoms with Crippen molar-refractivity contribution in [2.24, 2.45) is 4.99 Å². The van der Waals surface area contributed by atoms with Gasteiger partial charge >= 0.3 is 0 Å². The Hall–Kier alpha value is -1.48. The number of ether oxygens (including phenoxy) is 1.